The van der Waals surface area contributed by atoms with E-state index in [-0.39, 0.29) is 0 Å². The lowest BCUT2D eigenvalue weighted by Crippen LogP contribution is -1.99. The summed E-state index contributed by atoms with van der Waals surface area (Å²) in [7, 11) is 0. The minimum absolute atomic E-state index is 0.558. The van der Waals surface area contributed by atoms with E-state index in [1.165, 1.54) is 24.0 Å². The van der Waals surface area contributed by atoms with Gasteiger partial charge in [-0.15, -0.1) is 0 Å². The van der Waals surface area contributed by atoms with Crippen LogP contribution in [0.1, 0.15) is 55.5 Å². The van der Waals surface area contributed by atoms with Crippen molar-refractivity contribution in [3.63, 3.8) is 0 Å². The van der Waals surface area contributed by atoms with Crippen molar-refractivity contribution in [2.45, 2.75) is 45.4 Å². The van der Waals surface area contributed by atoms with Gasteiger partial charge in [-0.2, -0.15) is 0 Å². The van der Waals surface area contributed by atoms with Crippen LogP contribution in [0.15, 0.2) is 24.3 Å². The number of hydrogen-bond donors (Lipinski definition) is 1. The van der Waals surface area contributed by atoms with Gasteiger partial charge < -0.3 is 4.98 Å². The molecule has 0 amide bonds. The molecular formula is C17H20N2S. The normalized spacial score (nSPS) is 14.8. The van der Waals surface area contributed by atoms with Crippen LogP contribution in [0.25, 0.3) is 11.3 Å². The van der Waals surface area contributed by atoms with Gasteiger partial charge in [0, 0.05) is 11.5 Å². The first-order chi connectivity index (χ1) is 9.56. The molecule has 1 aromatic carbocycles. The lowest BCUT2D eigenvalue weighted by Gasteiger charge is -2.11. The first kappa shape index (κ1) is 13.5. The number of aromatic amines is 1. The highest BCUT2D eigenvalue weighted by molar-refractivity contribution is 7.71. The molecule has 0 spiro atoms. The molecule has 3 rings (SSSR count). The van der Waals surface area contributed by atoms with Gasteiger partial charge in [0.1, 0.15) is 10.5 Å². The third kappa shape index (κ3) is 2.55. The Balaban J connectivity index is 2.06. The maximum Gasteiger partial charge on any atom is 0.133 e. The van der Waals surface area contributed by atoms with Gasteiger partial charge in [0.05, 0.1) is 5.69 Å². The van der Waals surface area contributed by atoms with Crippen molar-refractivity contribution in [2.24, 2.45) is 0 Å². The second-order valence-electron chi connectivity index (χ2n) is 5.98. The van der Waals surface area contributed by atoms with Crippen molar-refractivity contribution in [1.29, 1.82) is 0 Å². The first-order valence-corrected chi connectivity index (χ1v) is 7.68. The number of hydrogen-bond acceptors (Lipinski definition) is 2. The minimum atomic E-state index is 0.558. The van der Waals surface area contributed by atoms with E-state index in [0.717, 1.165) is 21.7 Å². The zero-order chi connectivity index (χ0) is 14.3. The molecule has 1 heterocycles. The van der Waals surface area contributed by atoms with Gasteiger partial charge in [0.25, 0.3) is 0 Å². The van der Waals surface area contributed by atoms with Gasteiger partial charge in [0.2, 0.25) is 0 Å². The highest BCUT2D eigenvalue weighted by Crippen LogP contribution is 2.39. The van der Waals surface area contributed by atoms with E-state index in [0.29, 0.717) is 11.8 Å². The Kier molecular flexibility index (Phi) is 3.47. The Bertz CT molecular complexity index is 679. The molecule has 20 heavy (non-hydrogen) atoms. The zero-order valence-electron chi connectivity index (χ0n) is 12.2. The summed E-state index contributed by atoms with van der Waals surface area (Å²) in [5.41, 5.74) is 4.76. The minimum Gasteiger partial charge on any atom is -0.343 e. The standard InChI is InChI=1S/C17H20N2S/c1-10(2)12-4-6-13(7-5-12)15-11(3)17(20)19-16(18-15)14-8-9-14/h4-7,10,14H,8-9H2,1-3H3,(H,18,19,20). The number of rotatable bonds is 3. The molecule has 1 aromatic heterocycles. The van der Waals surface area contributed by atoms with Crippen molar-refractivity contribution in [3.05, 3.63) is 45.9 Å². The van der Waals surface area contributed by atoms with Gasteiger partial charge in [-0.05, 0) is 36.8 Å². The van der Waals surface area contributed by atoms with E-state index >= 15 is 0 Å². The Morgan fingerprint density at radius 3 is 2.40 bits per heavy atom. The van der Waals surface area contributed by atoms with Crippen LogP contribution >= 0.6 is 12.2 Å². The maximum atomic E-state index is 5.41. The Labute approximate surface area is 125 Å². The van der Waals surface area contributed by atoms with Crippen LogP contribution in [0.3, 0.4) is 0 Å². The third-order valence-corrected chi connectivity index (χ3v) is 4.40. The second kappa shape index (κ2) is 5.13. The van der Waals surface area contributed by atoms with Crippen LogP contribution in [0.5, 0.6) is 0 Å². The number of H-pyrrole nitrogens is 1. The fourth-order valence-electron chi connectivity index (χ4n) is 2.42. The Morgan fingerprint density at radius 1 is 1.20 bits per heavy atom. The van der Waals surface area contributed by atoms with E-state index in [1.807, 2.05) is 6.92 Å². The van der Waals surface area contributed by atoms with Gasteiger partial charge in [0.15, 0.2) is 0 Å². The van der Waals surface area contributed by atoms with E-state index < -0.39 is 0 Å². The number of aromatic nitrogens is 2. The number of nitrogens with one attached hydrogen (secondary N) is 1. The Hall–Kier alpha value is -1.48. The Morgan fingerprint density at radius 2 is 1.85 bits per heavy atom. The van der Waals surface area contributed by atoms with Gasteiger partial charge >= 0.3 is 0 Å². The fourth-order valence-corrected chi connectivity index (χ4v) is 2.62. The van der Waals surface area contributed by atoms with Crippen LogP contribution in [0.4, 0.5) is 0 Å². The summed E-state index contributed by atoms with van der Waals surface area (Å²) in [5.74, 6) is 2.21. The third-order valence-electron chi connectivity index (χ3n) is 4.00. The molecule has 1 fully saturated rings. The van der Waals surface area contributed by atoms with Crippen LogP contribution in [-0.4, -0.2) is 9.97 Å². The predicted octanol–water partition coefficient (Wildman–Crippen LogP) is 5.12. The largest absolute Gasteiger partial charge is 0.343 e. The number of nitrogens with zero attached hydrogens (tertiary/aromatic N) is 1. The fraction of sp³-hybridized carbons (Fsp3) is 0.412. The molecule has 1 aliphatic rings. The molecule has 1 N–H and O–H groups in total. The van der Waals surface area contributed by atoms with Crippen molar-refractivity contribution in [1.82, 2.24) is 9.97 Å². The summed E-state index contributed by atoms with van der Waals surface area (Å²) in [4.78, 5) is 8.03. The summed E-state index contributed by atoms with van der Waals surface area (Å²) >= 11 is 5.41. The SMILES string of the molecule is Cc1c(-c2ccc(C(C)C)cc2)[nH]c(C2CC2)nc1=S. The molecule has 0 saturated heterocycles. The van der Waals surface area contributed by atoms with Crippen molar-refractivity contribution in [2.75, 3.05) is 0 Å². The zero-order valence-corrected chi connectivity index (χ0v) is 13.1. The molecule has 2 nitrogen and oxygen atoms in total. The highest BCUT2D eigenvalue weighted by atomic mass is 32.1. The molecule has 1 saturated carbocycles. The van der Waals surface area contributed by atoms with Crippen LogP contribution in [0, 0.1) is 11.6 Å². The van der Waals surface area contributed by atoms with Gasteiger partial charge in [-0.3, -0.25) is 0 Å². The second-order valence-corrected chi connectivity index (χ2v) is 6.36. The quantitative estimate of drug-likeness (QED) is 0.793. The monoisotopic (exact) mass is 284 g/mol. The van der Waals surface area contributed by atoms with E-state index in [1.54, 1.807) is 0 Å². The predicted molar refractivity (Wildman–Crippen MR) is 85.7 cm³/mol. The van der Waals surface area contributed by atoms with E-state index in [9.17, 15) is 0 Å². The van der Waals surface area contributed by atoms with Crippen molar-refractivity contribution in [3.8, 4) is 11.3 Å². The summed E-state index contributed by atoms with van der Waals surface area (Å²) in [6.45, 7) is 6.48. The van der Waals surface area contributed by atoms with Crippen LogP contribution in [0.2, 0.25) is 0 Å². The smallest absolute Gasteiger partial charge is 0.133 e. The van der Waals surface area contributed by atoms with Gasteiger partial charge in [-0.25, -0.2) is 4.98 Å². The topological polar surface area (TPSA) is 28.7 Å². The summed E-state index contributed by atoms with van der Waals surface area (Å²) in [6.07, 6.45) is 2.46. The molecule has 0 unspecified atom stereocenters. The van der Waals surface area contributed by atoms with E-state index in [4.69, 9.17) is 12.2 Å². The van der Waals surface area contributed by atoms with Crippen LogP contribution in [-0.2, 0) is 0 Å². The molecular weight excluding hydrogens is 264 g/mol. The molecule has 104 valence electrons. The molecule has 1 aliphatic carbocycles. The average molecular weight is 284 g/mol. The van der Waals surface area contributed by atoms with Crippen molar-refractivity contribution >= 4 is 12.2 Å². The molecule has 0 bridgehead atoms. The lowest BCUT2D eigenvalue weighted by atomic mass is 10.00. The first-order valence-electron chi connectivity index (χ1n) is 7.27. The molecule has 0 atom stereocenters. The molecule has 3 heteroatoms. The molecule has 2 aromatic rings. The van der Waals surface area contributed by atoms with Crippen molar-refractivity contribution < 1.29 is 0 Å². The van der Waals surface area contributed by atoms with Crippen LogP contribution < -0.4 is 0 Å². The maximum absolute atomic E-state index is 5.41. The summed E-state index contributed by atoms with van der Waals surface area (Å²) in [5, 5.41) is 0. The summed E-state index contributed by atoms with van der Waals surface area (Å²) < 4.78 is 0.730. The average Bonchev–Trinajstić information content (AvgIpc) is 3.26. The lowest BCUT2D eigenvalue weighted by molar-refractivity contribution is 0.866. The highest BCUT2D eigenvalue weighted by Gasteiger charge is 2.26. The number of benzene rings is 1. The summed E-state index contributed by atoms with van der Waals surface area (Å²) in [6, 6.07) is 8.76. The van der Waals surface area contributed by atoms with E-state index in [2.05, 4.69) is 48.1 Å². The molecule has 0 aliphatic heterocycles. The molecule has 0 radical (unpaired) electrons. The van der Waals surface area contributed by atoms with Gasteiger partial charge in [-0.1, -0.05) is 50.3 Å².